The zero-order valence-corrected chi connectivity index (χ0v) is 15.6. The third-order valence-electron chi connectivity index (χ3n) is 3.43. The molecular weight excluding hydrogens is 378 g/mol. The smallest absolute Gasteiger partial charge is 0.308 e. The van der Waals surface area contributed by atoms with Gasteiger partial charge in [0, 0.05) is 5.02 Å². The molecule has 0 aliphatic carbocycles. The molecule has 0 amide bonds. The number of rotatable bonds is 8. The SMILES string of the molecule is CC(=O)COC(=O)C[C@@H](NS(=O)(=O)c1ccccc1)c1ccc(Cl)cc1. The van der Waals surface area contributed by atoms with Gasteiger partial charge in [-0.1, -0.05) is 41.9 Å². The molecule has 2 rings (SSSR count). The Kier molecular flexibility index (Phi) is 6.90. The molecule has 0 aliphatic heterocycles. The van der Waals surface area contributed by atoms with Gasteiger partial charge in [-0.15, -0.1) is 0 Å². The summed E-state index contributed by atoms with van der Waals surface area (Å²) < 4.78 is 32.5. The Bertz CT molecular complexity index is 866. The molecule has 2 aromatic rings. The Labute approximate surface area is 157 Å². The van der Waals surface area contributed by atoms with Gasteiger partial charge in [-0.25, -0.2) is 13.1 Å². The maximum absolute atomic E-state index is 12.6. The van der Waals surface area contributed by atoms with E-state index < -0.39 is 22.0 Å². The van der Waals surface area contributed by atoms with E-state index in [0.29, 0.717) is 10.6 Å². The van der Waals surface area contributed by atoms with Crippen molar-refractivity contribution in [1.29, 1.82) is 0 Å². The van der Waals surface area contributed by atoms with E-state index in [-0.39, 0.29) is 23.7 Å². The summed E-state index contributed by atoms with van der Waals surface area (Å²) in [6.07, 6.45) is -0.263. The molecule has 1 atom stereocenters. The van der Waals surface area contributed by atoms with E-state index in [1.54, 1.807) is 42.5 Å². The number of ether oxygens (including phenoxy) is 1. The molecule has 0 saturated heterocycles. The monoisotopic (exact) mass is 395 g/mol. The minimum Gasteiger partial charge on any atom is -0.458 e. The summed E-state index contributed by atoms with van der Waals surface area (Å²) in [5, 5.41) is 0.484. The van der Waals surface area contributed by atoms with Gasteiger partial charge in [-0.2, -0.15) is 0 Å². The number of carbonyl (C=O) groups excluding carboxylic acids is 2. The first-order valence-electron chi connectivity index (χ1n) is 7.76. The first kappa shape index (κ1) is 20.1. The molecule has 0 radical (unpaired) electrons. The van der Waals surface area contributed by atoms with Gasteiger partial charge >= 0.3 is 5.97 Å². The van der Waals surface area contributed by atoms with E-state index in [4.69, 9.17) is 16.3 Å². The Morgan fingerprint density at radius 1 is 1.08 bits per heavy atom. The van der Waals surface area contributed by atoms with Crippen LogP contribution in [0, 0.1) is 0 Å². The second-order valence-corrected chi connectivity index (χ2v) is 7.76. The molecule has 0 spiro atoms. The summed E-state index contributed by atoms with van der Waals surface area (Å²) in [5.74, 6) is -0.984. The number of ketones is 1. The maximum atomic E-state index is 12.6. The van der Waals surface area contributed by atoms with E-state index >= 15 is 0 Å². The largest absolute Gasteiger partial charge is 0.458 e. The Morgan fingerprint density at radius 3 is 2.27 bits per heavy atom. The van der Waals surface area contributed by atoms with Gasteiger partial charge in [-0.3, -0.25) is 9.59 Å². The number of esters is 1. The third kappa shape index (κ3) is 5.94. The predicted octanol–water partition coefficient (Wildman–Crippen LogP) is 2.88. The molecule has 0 bridgehead atoms. The van der Waals surface area contributed by atoms with Gasteiger partial charge in [0.05, 0.1) is 17.4 Å². The van der Waals surface area contributed by atoms with Crippen molar-refractivity contribution in [2.24, 2.45) is 0 Å². The maximum Gasteiger partial charge on any atom is 0.308 e. The molecule has 0 heterocycles. The molecule has 6 nitrogen and oxygen atoms in total. The van der Waals surface area contributed by atoms with E-state index in [0.717, 1.165) is 0 Å². The Balaban J connectivity index is 2.24. The molecule has 0 fully saturated rings. The zero-order valence-electron chi connectivity index (χ0n) is 14.0. The van der Waals surface area contributed by atoms with Crippen LogP contribution in [0.2, 0.25) is 5.02 Å². The highest BCUT2D eigenvalue weighted by Gasteiger charge is 2.24. The molecule has 26 heavy (non-hydrogen) atoms. The van der Waals surface area contributed by atoms with Crippen LogP contribution in [0.5, 0.6) is 0 Å². The Morgan fingerprint density at radius 2 is 1.69 bits per heavy atom. The van der Waals surface area contributed by atoms with Gasteiger partial charge in [-0.05, 0) is 36.8 Å². The molecule has 2 aromatic carbocycles. The summed E-state index contributed by atoms with van der Waals surface area (Å²) in [6.45, 7) is 0.944. The van der Waals surface area contributed by atoms with Crippen molar-refractivity contribution in [1.82, 2.24) is 4.72 Å². The number of nitrogens with one attached hydrogen (secondary N) is 1. The predicted molar refractivity (Wildman–Crippen MR) is 97.2 cm³/mol. The van der Waals surface area contributed by atoms with Crippen molar-refractivity contribution < 1.29 is 22.7 Å². The van der Waals surface area contributed by atoms with Crippen LogP contribution in [0.25, 0.3) is 0 Å². The number of benzene rings is 2. The van der Waals surface area contributed by atoms with Crippen molar-refractivity contribution in [2.75, 3.05) is 6.61 Å². The second-order valence-electron chi connectivity index (χ2n) is 5.61. The quantitative estimate of drug-likeness (QED) is 0.694. The molecule has 138 valence electrons. The average molecular weight is 396 g/mol. The fourth-order valence-corrected chi connectivity index (χ4v) is 3.56. The summed E-state index contributed by atoms with van der Waals surface area (Å²) in [5.41, 5.74) is 0.550. The van der Waals surface area contributed by atoms with Crippen LogP contribution in [0.4, 0.5) is 0 Å². The molecule has 1 N–H and O–H groups in total. The number of sulfonamides is 1. The van der Waals surface area contributed by atoms with Crippen LogP contribution in [-0.2, 0) is 24.3 Å². The highest BCUT2D eigenvalue weighted by molar-refractivity contribution is 7.89. The van der Waals surface area contributed by atoms with Gasteiger partial charge in [0.1, 0.15) is 6.61 Å². The van der Waals surface area contributed by atoms with Crippen molar-refractivity contribution in [2.45, 2.75) is 24.3 Å². The fourth-order valence-electron chi connectivity index (χ4n) is 2.19. The molecule has 0 aliphatic rings. The van der Waals surface area contributed by atoms with Crippen LogP contribution in [-0.4, -0.2) is 26.8 Å². The minimum atomic E-state index is -3.85. The second kappa shape index (κ2) is 8.93. The van der Waals surface area contributed by atoms with Crippen molar-refractivity contribution >= 4 is 33.4 Å². The van der Waals surface area contributed by atoms with Crippen molar-refractivity contribution in [3.63, 3.8) is 0 Å². The van der Waals surface area contributed by atoms with Gasteiger partial charge in [0.2, 0.25) is 10.0 Å². The van der Waals surface area contributed by atoms with Crippen molar-refractivity contribution in [3.05, 3.63) is 65.2 Å². The number of hydrogen-bond acceptors (Lipinski definition) is 5. The van der Waals surface area contributed by atoms with E-state index in [1.165, 1.54) is 19.1 Å². The van der Waals surface area contributed by atoms with Crippen LogP contribution >= 0.6 is 11.6 Å². The molecule has 0 aromatic heterocycles. The topological polar surface area (TPSA) is 89.5 Å². The number of hydrogen-bond donors (Lipinski definition) is 1. The first-order valence-corrected chi connectivity index (χ1v) is 9.62. The van der Waals surface area contributed by atoms with Gasteiger partial charge in [0.15, 0.2) is 5.78 Å². The number of carbonyl (C=O) groups is 2. The molecule has 8 heteroatoms. The Hall–Kier alpha value is -2.22. The summed E-state index contributed by atoms with van der Waals surface area (Å²) in [6, 6.07) is 13.4. The van der Waals surface area contributed by atoms with Gasteiger partial charge < -0.3 is 4.74 Å². The minimum absolute atomic E-state index is 0.0797. The highest BCUT2D eigenvalue weighted by Crippen LogP contribution is 2.22. The van der Waals surface area contributed by atoms with E-state index in [2.05, 4.69) is 4.72 Å². The van der Waals surface area contributed by atoms with Crippen LogP contribution in [0.3, 0.4) is 0 Å². The number of halogens is 1. The summed E-state index contributed by atoms with van der Waals surface area (Å²) in [7, 11) is -3.85. The van der Waals surface area contributed by atoms with Crippen LogP contribution in [0.1, 0.15) is 24.9 Å². The van der Waals surface area contributed by atoms with Gasteiger partial charge in [0.25, 0.3) is 0 Å². The molecule has 0 saturated carbocycles. The fraction of sp³-hybridized carbons (Fsp3) is 0.222. The lowest BCUT2D eigenvalue weighted by Crippen LogP contribution is -2.31. The van der Waals surface area contributed by atoms with Crippen LogP contribution < -0.4 is 4.72 Å². The van der Waals surface area contributed by atoms with Crippen molar-refractivity contribution in [3.8, 4) is 0 Å². The van der Waals surface area contributed by atoms with Crippen LogP contribution in [0.15, 0.2) is 59.5 Å². The zero-order chi connectivity index (χ0) is 19.2. The summed E-state index contributed by atoms with van der Waals surface area (Å²) in [4.78, 5) is 23.0. The third-order valence-corrected chi connectivity index (χ3v) is 5.17. The summed E-state index contributed by atoms with van der Waals surface area (Å²) >= 11 is 5.87. The van der Waals surface area contributed by atoms with E-state index in [9.17, 15) is 18.0 Å². The first-order chi connectivity index (χ1) is 12.3. The lowest BCUT2D eigenvalue weighted by atomic mass is 10.1. The molecular formula is C18H18ClNO5S. The lowest BCUT2D eigenvalue weighted by molar-refractivity contribution is -0.147. The normalized spacial score (nSPS) is 12.4. The highest BCUT2D eigenvalue weighted by atomic mass is 35.5. The standard InChI is InChI=1S/C18H18ClNO5S/c1-13(21)12-25-18(22)11-17(14-7-9-15(19)10-8-14)20-26(23,24)16-5-3-2-4-6-16/h2-10,17,20H,11-12H2,1H3/t17-/m1/s1. The lowest BCUT2D eigenvalue weighted by Gasteiger charge is -2.19. The average Bonchev–Trinajstić information content (AvgIpc) is 2.60. The number of Topliss-reactive ketones (excluding diaryl/α,β-unsaturated/α-hetero) is 1. The van der Waals surface area contributed by atoms with E-state index in [1.807, 2.05) is 0 Å². The molecule has 0 unspecified atom stereocenters.